The number of benzene rings is 2. The second-order valence-electron chi connectivity index (χ2n) is 11.0. The standard InChI is InChI=1S/C30H34FN5O4/c1-18(2)14-25(35(5)27(38)24(33-19(3)37)15-20-10-12-21(31)13-11-20)28(39)36-17-30(16-26(36)32-4)22-8-6-7-9-23(22)34-29(30)40/h6-13,18,24-26H,14-17H2,1-3,5H3,(H,33,37)(H,34,40)/t24-,25-,26-,30-/m0/s1. The lowest BCUT2D eigenvalue weighted by molar-refractivity contribution is -0.147. The maximum absolute atomic E-state index is 14.1. The van der Waals surface area contributed by atoms with Crippen molar-refractivity contribution in [2.45, 2.75) is 63.7 Å². The van der Waals surface area contributed by atoms with Gasteiger partial charge in [0.05, 0.1) is 6.42 Å². The molecular weight excluding hydrogens is 513 g/mol. The molecule has 4 atom stereocenters. The molecule has 0 unspecified atom stereocenters. The van der Waals surface area contributed by atoms with Crippen LogP contribution in [0.3, 0.4) is 0 Å². The van der Waals surface area contributed by atoms with Crippen LogP contribution in [0.4, 0.5) is 10.1 Å². The van der Waals surface area contributed by atoms with Gasteiger partial charge in [0.25, 0.3) is 5.91 Å². The minimum Gasteiger partial charge on any atom is -0.344 e. The van der Waals surface area contributed by atoms with Crippen molar-refractivity contribution in [3.8, 4) is 0 Å². The molecule has 2 aromatic carbocycles. The summed E-state index contributed by atoms with van der Waals surface area (Å²) in [6.07, 6.45) is -0.273. The number of carbonyl (C=O) groups excluding carboxylic acids is 4. The number of nitrogens with one attached hydrogen (secondary N) is 2. The van der Waals surface area contributed by atoms with Gasteiger partial charge in [0.1, 0.15) is 23.3 Å². The molecule has 40 heavy (non-hydrogen) atoms. The normalized spacial score (nSPS) is 21.0. The lowest BCUT2D eigenvalue weighted by Crippen LogP contribution is -2.56. The van der Waals surface area contributed by atoms with Gasteiger partial charge < -0.3 is 15.5 Å². The number of rotatable bonds is 8. The van der Waals surface area contributed by atoms with Crippen LogP contribution in [0.15, 0.2) is 48.5 Å². The minimum atomic E-state index is -1.03. The molecule has 2 N–H and O–H groups in total. The van der Waals surface area contributed by atoms with Crippen LogP contribution in [0.2, 0.25) is 0 Å². The number of nitrogens with zero attached hydrogens (tertiary/aromatic N) is 3. The Morgan fingerprint density at radius 1 is 1.20 bits per heavy atom. The van der Waals surface area contributed by atoms with Crippen molar-refractivity contribution in [1.29, 1.82) is 0 Å². The number of amides is 4. The molecule has 1 spiro atoms. The highest BCUT2D eigenvalue weighted by Crippen LogP contribution is 2.47. The van der Waals surface area contributed by atoms with E-state index in [-0.39, 0.29) is 31.2 Å². The summed E-state index contributed by atoms with van der Waals surface area (Å²) in [4.78, 5) is 59.5. The van der Waals surface area contributed by atoms with Gasteiger partial charge in [-0.15, -0.1) is 0 Å². The molecule has 2 aromatic rings. The number of anilines is 1. The molecule has 0 aliphatic carbocycles. The Morgan fingerprint density at radius 3 is 2.50 bits per heavy atom. The molecule has 0 radical (unpaired) electrons. The molecule has 0 saturated carbocycles. The van der Waals surface area contributed by atoms with E-state index in [1.165, 1.54) is 35.9 Å². The third-order valence-electron chi connectivity index (χ3n) is 7.71. The van der Waals surface area contributed by atoms with Crippen LogP contribution >= 0.6 is 0 Å². The van der Waals surface area contributed by atoms with Crippen LogP contribution in [0.1, 0.15) is 44.7 Å². The van der Waals surface area contributed by atoms with Gasteiger partial charge >= 0.3 is 6.17 Å². The zero-order valence-electron chi connectivity index (χ0n) is 23.1. The number of halogens is 1. The SMILES string of the molecule is [C-]#[N+][C@@H]1C[C@@]2(CN1C(=O)[C@H](CC(C)C)N(C)C(=O)[C@H](Cc1ccc(F)cc1)NC(C)=O)C(=O)Nc1ccccc12. The first-order valence-corrected chi connectivity index (χ1v) is 13.3. The van der Waals surface area contributed by atoms with Crippen molar-refractivity contribution >= 4 is 29.3 Å². The zero-order valence-corrected chi connectivity index (χ0v) is 23.1. The molecule has 4 amide bonds. The fourth-order valence-electron chi connectivity index (χ4n) is 5.72. The van der Waals surface area contributed by atoms with E-state index in [4.69, 9.17) is 6.57 Å². The number of hydrogen-bond acceptors (Lipinski definition) is 4. The molecule has 0 aromatic heterocycles. The molecule has 2 heterocycles. The molecule has 2 aliphatic rings. The van der Waals surface area contributed by atoms with Gasteiger partial charge in [-0.25, -0.2) is 11.0 Å². The number of hydrogen-bond donors (Lipinski definition) is 2. The quantitative estimate of drug-likeness (QED) is 0.496. The van der Waals surface area contributed by atoms with Gasteiger partial charge in [-0.05, 0) is 41.7 Å². The number of carbonyl (C=O) groups is 4. The highest BCUT2D eigenvalue weighted by atomic mass is 19.1. The smallest absolute Gasteiger partial charge is 0.302 e. The average Bonchev–Trinajstić information content (AvgIpc) is 3.44. The Labute approximate surface area is 233 Å². The Hall–Kier alpha value is -4.26. The van der Waals surface area contributed by atoms with E-state index in [2.05, 4.69) is 15.5 Å². The topological polar surface area (TPSA) is 103 Å². The number of likely N-dealkylation sites (tertiary alicyclic amines) is 1. The van der Waals surface area contributed by atoms with Crippen LogP contribution in [0.25, 0.3) is 4.85 Å². The number of fused-ring (bicyclic) bond motifs is 2. The van der Waals surface area contributed by atoms with E-state index < -0.39 is 47.2 Å². The summed E-state index contributed by atoms with van der Waals surface area (Å²) in [6, 6.07) is 11.0. The third kappa shape index (κ3) is 5.55. The van der Waals surface area contributed by atoms with Gasteiger partial charge in [0.2, 0.25) is 17.7 Å². The van der Waals surface area contributed by atoms with E-state index in [0.29, 0.717) is 17.7 Å². The van der Waals surface area contributed by atoms with Crippen LogP contribution in [-0.4, -0.2) is 65.3 Å². The fraction of sp³-hybridized carbons (Fsp3) is 0.433. The first kappa shape index (κ1) is 28.7. The first-order chi connectivity index (χ1) is 19.0. The van der Waals surface area contributed by atoms with Gasteiger partial charge in [-0.2, -0.15) is 0 Å². The number of likely N-dealkylation sites (N-methyl/N-ethyl adjacent to an activating group) is 1. The maximum atomic E-state index is 14.1. The largest absolute Gasteiger partial charge is 0.344 e. The summed E-state index contributed by atoms with van der Waals surface area (Å²) in [6.45, 7) is 13.0. The molecule has 1 saturated heterocycles. The Kier molecular flexibility index (Phi) is 8.24. The van der Waals surface area contributed by atoms with Crippen molar-refractivity contribution < 1.29 is 23.6 Å². The van der Waals surface area contributed by atoms with Crippen LogP contribution in [0, 0.1) is 18.3 Å². The van der Waals surface area contributed by atoms with Crippen molar-refractivity contribution in [2.75, 3.05) is 18.9 Å². The predicted octanol–water partition coefficient (Wildman–Crippen LogP) is 3.11. The molecular formula is C30H34FN5O4. The molecule has 10 heteroatoms. The van der Waals surface area contributed by atoms with Crippen molar-refractivity contribution in [3.63, 3.8) is 0 Å². The lowest BCUT2D eigenvalue weighted by Gasteiger charge is -2.34. The second-order valence-corrected chi connectivity index (χ2v) is 11.0. The van der Waals surface area contributed by atoms with E-state index in [1.807, 2.05) is 32.0 Å². The Balaban J connectivity index is 1.62. The molecule has 4 rings (SSSR count). The second kappa shape index (κ2) is 11.5. The molecule has 1 fully saturated rings. The summed E-state index contributed by atoms with van der Waals surface area (Å²) < 4.78 is 13.4. The van der Waals surface area contributed by atoms with Crippen LogP contribution in [-0.2, 0) is 31.0 Å². The van der Waals surface area contributed by atoms with E-state index in [9.17, 15) is 23.6 Å². The summed E-state index contributed by atoms with van der Waals surface area (Å²) >= 11 is 0. The molecule has 9 nitrogen and oxygen atoms in total. The lowest BCUT2D eigenvalue weighted by atomic mass is 9.80. The summed E-state index contributed by atoms with van der Waals surface area (Å²) in [5.74, 6) is -1.94. The minimum absolute atomic E-state index is 0.0268. The summed E-state index contributed by atoms with van der Waals surface area (Å²) in [5.41, 5.74) is 1.05. The van der Waals surface area contributed by atoms with Crippen molar-refractivity contribution in [1.82, 2.24) is 15.1 Å². The fourth-order valence-corrected chi connectivity index (χ4v) is 5.72. The average molecular weight is 548 g/mol. The Morgan fingerprint density at radius 2 is 1.88 bits per heavy atom. The predicted molar refractivity (Wildman–Crippen MR) is 147 cm³/mol. The van der Waals surface area contributed by atoms with Crippen molar-refractivity contribution in [2.24, 2.45) is 5.92 Å². The van der Waals surface area contributed by atoms with Gasteiger partial charge in [0, 0.05) is 32.6 Å². The third-order valence-corrected chi connectivity index (χ3v) is 7.71. The first-order valence-electron chi connectivity index (χ1n) is 13.3. The van der Waals surface area contributed by atoms with Gasteiger partial charge in [-0.3, -0.25) is 28.9 Å². The van der Waals surface area contributed by atoms with Crippen LogP contribution in [0.5, 0.6) is 0 Å². The molecule has 210 valence electrons. The zero-order chi connectivity index (χ0) is 29.2. The van der Waals surface area contributed by atoms with Gasteiger partial charge in [0.15, 0.2) is 0 Å². The van der Waals surface area contributed by atoms with Crippen LogP contribution < -0.4 is 10.6 Å². The summed E-state index contributed by atoms with van der Waals surface area (Å²) in [5, 5.41) is 5.55. The number of para-hydroxylation sites is 1. The molecule has 0 bridgehead atoms. The van der Waals surface area contributed by atoms with Crippen molar-refractivity contribution in [3.05, 3.63) is 76.9 Å². The van der Waals surface area contributed by atoms with Gasteiger partial charge in [-0.1, -0.05) is 44.2 Å². The highest BCUT2D eigenvalue weighted by Gasteiger charge is 2.59. The van der Waals surface area contributed by atoms with E-state index in [0.717, 1.165) is 5.56 Å². The Bertz CT molecular complexity index is 1350. The maximum Gasteiger partial charge on any atom is 0.302 e. The monoisotopic (exact) mass is 547 g/mol. The molecule has 2 aliphatic heterocycles. The highest BCUT2D eigenvalue weighted by molar-refractivity contribution is 6.07. The van der Waals surface area contributed by atoms with E-state index in [1.54, 1.807) is 18.2 Å². The van der Waals surface area contributed by atoms with E-state index >= 15 is 0 Å². The summed E-state index contributed by atoms with van der Waals surface area (Å²) in [7, 11) is 1.52.